The smallest absolute Gasteiger partial charge is 0.0465 e. The van der Waals surface area contributed by atoms with Crippen LogP contribution in [0.15, 0.2) is 42.6 Å². The molecule has 88 valence electrons. The van der Waals surface area contributed by atoms with Crippen LogP contribution in [0.3, 0.4) is 0 Å². The van der Waals surface area contributed by atoms with Gasteiger partial charge in [0.15, 0.2) is 0 Å². The van der Waals surface area contributed by atoms with Gasteiger partial charge in [-0.25, -0.2) is 0 Å². The standard InChI is InChI=1S/C14H13BrClN/c1-10-5-6-12(14(16)8-10)13(15)9-11-4-2-3-7-17-11/h2-8,13H,9H2,1H3. The van der Waals surface area contributed by atoms with Crippen LogP contribution in [0.2, 0.25) is 5.02 Å². The van der Waals surface area contributed by atoms with Crippen molar-refractivity contribution in [3.05, 3.63) is 64.4 Å². The first-order chi connectivity index (χ1) is 8.16. The van der Waals surface area contributed by atoms with Crippen molar-refractivity contribution in [1.29, 1.82) is 0 Å². The summed E-state index contributed by atoms with van der Waals surface area (Å²) in [5.41, 5.74) is 3.35. The van der Waals surface area contributed by atoms with Gasteiger partial charge in [0.1, 0.15) is 0 Å². The lowest BCUT2D eigenvalue weighted by molar-refractivity contribution is 0.904. The fourth-order valence-corrected chi connectivity index (χ4v) is 2.93. The Balaban J connectivity index is 2.17. The molecule has 0 aliphatic rings. The fourth-order valence-electron chi connectivity index (χ4n) is 1.70. The van der Waals surface area contributed by atoms with Crippen LogP contribution in [0, 0.1) is 6.92 Å². The molecular weight excluding hydrogens is 298 g/mol. The molecule has 0 aliphatic heterocycles. The molecule has 1 unspecified atom stereocenters. The number of pyridine rings is 1. The summed E-state index contributed by atoms with van der Waals surface area (Å²) in [6.45, 7) is 2.04. The van der Waals surface area contributed by atoms with Crippen LogP contribution in [-0.2, 0) is 6.42 Å². The number of hydrogen-bond donors (Lipinski definition) is 0. The summed E-state index contributed by atoms with van der Waals surface area (Å²) in [4.78, 5) is 4.52. The first-order valence-electron chi connectivity index (χ1n) is 5.47. The number of alkyl halides is 1. The fraction of sp³-hybridized carbons (Fsp3) is 0.214. The first kappa shape index (κ1) is 12.6. The van der Waals surface area contributed by atoms with E-state index in [0.717, 1.165) is 22.7 Å². The second-order valence-electron chi connectivity index (χ2n) is 4.02. The number of rotatable bonds is 3. The van der Waals surface area contributed by atoms with Crippen LogP contribution in [0.25, 0.3) is 0 Å². The van der Waals surface area contributed by atoms with Gasteiger partial charge in [0.25, 0.3) is 0 Å². The summed E-state index contributed by atoms with van der Waals surface area (Å²) in [6.07, 6.45) is 2.65. The van der Waals surface area contributed by atoms with Crippen molar-refractivity contribution in [2.75, 3.05) is 0 Å². The van der Waals surface area contributed by atoms with Crippen LogP contribution in [-0.4, -0.2) is 4.98 Å². The van der Waals surface area contributed by atoms with Crippen molar-refractivity contribution in [2.24, 2.45) is 0 Å². The molecule has 0 saturated carbocycles. The Kier molecular flexibility index (Phi) is 4.19. The van der Waals surface area contributed by atoms with Crippen LogP contribution in [0.1, 0.15) is 21.6 Å². The van der Waals surface area contributed by atoms with E-state index in [0.29, 0.717) is 0 Å². The molecule has 0 spiro atoms. The predicted octanol–water partition coefficient (Wildman–Crippen LogP) is 4.72. The van der Waals surface area contributed by atoms with E-state index in [4.69, 9.17) is 11.6 Å². The highest BCUT2D eigenvalue weighted by molar-refractivity contribution is 9.09. The maximum atomic E-state index is 6.24. The molecule has 0 saturated heterocycles. The zero-order chi connectivity index (χ0) is 12.3. The normalized spacial score (nSPS) is 12.4. The van der Waals surface area contributed by atoms with E-state index >= 15 is 0 Å². The first-order valence-corrected chi connectivity index (χ1v) is 6.76. The Morgan fingerprint density at radius 1 is 1.29 bits per heavy atom. The predicted molar refractivity (Wildman–Crippen MR) is 75.8 cm³/mol. The highest BCUT2D eigenvalue weighted by Gasteiger charge is 2.12. The van der Waals surface area contributed by atoms with Gasteiger partial charge < -0.3 is 0 Å². The van der Waals surface area contributed by atoms with E-state index in [1.165, 1.54) is 5.56 Å². The third kappa shape index (κ3) is 3.30. The Morgan fingerprint density at radius 2 is 2.12 bits per heavy atom. The lowest BCUT2D eigenvalue weighted by Gasteiger charge is -2.12. The van der Waals surface area contributed by atoms with Crippen molar-refractivity contribution in [3.8, 4) is 0 Å². The molecule has 1 heterocycles. The van der Waals surface area contributed by atoms with Gasteiger partial charge in [-0.05, 0) is 36.2 Å². The number of benzene rings is 1. The highest BCUT2D eigenvalue weighted by Crippen LogP contribution is 2.32. The molecule has 1 nitrogen and oxygen atoms in total. The lowest BCUT2D eigenvalue weighted by atomic mass is 10.1. The lowest BCUT2D eigenvalue weighted by Crippen LogP contribution is -1.98. The van der Waals surface area contributed by atoms with Crippen molar-refractivity contribution < 1.29 is 0 Å². The molecular formula is C14H13BrClN. The molecule has 1 atom stereocenters. The van der Waals surface area contributed by atoms with Crippen LogP contribution < -0.4 is 0 Å². The molecule has 17 heavy (non-hydrogen) atoms. The number of nitrogens with zero attached hydrogens (tertiary/aromatic N) is 1. The molecule has 3 heteroatoms. The van der Waals surface area contributed by atoms with Crippen molar-refractivity contribution >= 4 is 27.5 Å². The van der Waals surface area contributed by atoms with Crippen LogP contribution in [0.5, 0.6) is 0 Å². The van der Waals surface area contributed by atoms with Gasteiger partial charge in [0, 0.05) is 28.2 Å². The minimum atomic E-state index is 0.200. The Labute approximate surface area is 115 Å². The van der Waals surface area contributed by atoms with Gasteiger partial charge in [-0.2, -0.15) is 0 Å². The summed E-state index contributed by atoms with van der Waals surface area (Å²) in [5, 5.41) is 0.808. The average Bonchev–Trinajstić information content (AvgIpc) is 2.30. The molecule has 0 N–H and O–H groups in total. The molecule has 1 aromatic carbocycles. The van der Waals surface area contributed by atoms with Crippen LogP contribution in [0.4, 0.5) is 0 Å². The van der Waals surface area contributed by atoms with E-state index < -0.39 is 0 Å². The quantitative estimate of drug-likeness (QED) is 0.747. The third-order valence-corrected chi connectivity index (χ3v) is 3.75. The minimum Gasteiger partial charge on any atom is -0.261 e. The Bertz CT molecular complexity index is 499. The molecule has 0 bridgehead atoms. The second kappa shape index (κ2) is 5.65. The van der Waals surface area contributed by atoms with E-state index in [1.807, 2.05) is 37.4 Å². The highest BCUT2D eigenvalue weighted by atomic mass is 79.9. The second-order valence-corrected chi connectivity index (χ2v) is 5.53. The zero-order valence-corrected chi connectivity index (χ0v) is 11.9. The summed E-state index contributed by atoms with van der Waals surface area (Å²) in [6, 6.07) is 12.1. The van der Waals surface area contributed by atoms with E-state index in [1.54, 1.807) is 0 Å². The summed E-state index contributed by atoms with van der Waals surface area (Å²) < 4.78 is 0. The van der Waals surface area contributed by atoms with Crippen LogP contribution >= 0.6 is 27.5 Å². The topological polar surface area (TPSA) is 12.9 Å². The maximum absolute atomic E-state index is 6.24. The number of aromatic nitrogens is 1. The van der Waals surface area contributed by atoms with Crippen molar-refractivity contribution in [2.45, 2.75) is 18.2 Å². The molecule has 0 fully saturated rings. The summed E-state index contributed by atoms with van der Waals surface area (Å²) in [5.74, 6) is 0. The van der Waals surface area contributed by atoms with Crippen molar-refractivity contribution in [1.82, 2.24) is 4.98 Å². The summed E-state index contributed by atoms with van der Waals surface area (Å²) in [7, 11) is 0. The average molecular weight is 311 g/mol. The molecule has 0 aliphatic carbocycles. The van der Waals surface area contributed by atoms with Gasteiger partial charge >= 0.3 is 0 Å². The number of aryl methyl sites for hydroxylation is 1. The SMILES string of the molecule is Cc1ccc(C(Br)Cc2ccccn2)c(Cl)c1. The third-order valence-electron chi connectivity index (χ3n) is 2.61. The monoisotopic (exact) mass is 309 g/mol. The van der Waals surface area contributed by atoms with Gasteiger partial charge in [0.05, 0.1) is 0 Å². The largest absolute Gasteiger partial charge is 0.261 e. The van der Waals surface area contributed by atoms with Crippen molar-refractivity contribution in [3.63, 3.8) is 0 Å². The molecule has 2 rings (SSSR count). The maximum Gasteiger partial charge on any atom is 0.0465 e. The van der Waals surface area contributed by atoms with E-state index in [-0.39, 0.29) is 4.83 Å². The minimum absolute atomic E-state index is 0.200. The number of hydrogen-bond acceptors (Lipinski definition) is 1. The summed E-state index contributed by atoms with van der Waals surface area (Å²) >= 11 is 9.91. The van der Waals surface area contributed by atoms with Gasteiger partial charge in [-0.1, -0.05) is 45.7 Å². The van der Waals surface area contributed by atoms with E-state index in [2.05, 4.69) is 33.0 Å². The molecule has 1 aromatic heterocycles. The number of halogens is 2. The van der Waals surface area contributed by atoms with Gasteiger partial charge in [0.2, 0.25) is 0 Å². The zero-order valence-electron chi connectivity index (χ0n) is 9.53. The van der Waals surface area contributed by atoms with E-state index in [9.17, 15) is 0 Å². The Hall–Kier alpha value is -0.860. The van der Waals surface area contributed by atoms with Gasteiger partial charge in [-0.3, -0.25) is 4.98 Å². The Morgan fingerprint density at radius 3 is 2.76 bits per heavy atom. The van der Waals surface area contributed by atoms with Gasteiger partial charge in [-0.15, -0.1) is 0 Å². The molecule has 2 aromatic rings. The molecule has 0 amide bonds. The molecule has 0 radical (unpaired) electrons.